The maximum atomic E-state index is 14.0. The Hall–Kier alpha value is -3.75. The molecule has 0 bridgehead atoms. The second kappa shape index (κ2) is 7.10. The minimum Gasteiger partial charge on any atom is -0.461 e. The first-order valence-corrected chi connectivity index (χ1v) is 8.32. The minimum atomic E-state index is -0.665. The van der Waals surface area contributed by atoms with Crippen molar-refractivity contribution in [1.82, 2.24) is 14.9 Å². The molecule has 0 aliphatic heterocycles. The van der Waals surface area contributed by atoms with E-state index >= 15 is 0 Å². The third kappa shape index (κ3) is 3.41. The first-order chi connectivity index (χ1) is 13.5. The average molecular weight is 384 g/mol. The van der Waals surface area contributed by atoms with E-state index in [2.05, 4.69) is 15.6 Å². The molecule has 1 atom stereocenters. The Labute approximate surface area is 157 Å². The Morgan fingerprint density at radius 1 is 1.21 bits per heavy atom. The van der Waals surface area contributed by atoms with Crippen molar-refractivity contribution in [3.63, 3.8) is 0 Å². The molecule has 9 heteroatoms. The molecule has 3 heterocycles. The Balaban J connectivity index is 1.48. The van der Waals surface area contributed by atoms with Gasteiger partial charge >= 0.3 is 0 Å². The summed E-state index contributed by atoms with van der Waals surface area (Å²) in [6.45, 7) is 1.71. The standard InChI is InChI=1S/C19H14F2N4O3/c1-11(14-5-4-12(20)7-15(14)21)25-10-13(9-22-25)23-19(26)16-8-18(28-24-16)17-3-2-6-27-17/h2-11H,1H3,(H,23,26). The smallest absolute Gasteiger partial charge is 0.277 e. The van der Waals surface area contributed by atoms with Crippen LogP contribution in [0.1, 0.15) is 29.0 Å². The lowest BCUT2D eigenvalue weighted by atomic mass is 10.1. The van der Waals surface area contributed by atoms with E-state index in [1.54, 1.807) is 25.3 Å². The normalized spacial score (nSPS) is 12.1. The maximum Gasteiger partial charge on any atom is 0.277 e. The lowest BCUT2D eigenvalue weighted by Crippen LogP contribution is -2.12. The summed E-state index contributed by atoms with van der Waals surface area (Å²) in [7, 11) is 0. The zero-order chi connectivity index (χ0) is 19.7. The van der Waals surface area contributed by atoms with Crippen LogP contribution in [0.3, 0.4) is 0 Å². The third-order valence-corrected chi connectivity index (χ3v) is 4.18. The fourth-order valence-electron chi connectivity index (χ4n) is 2.71. The molecule has 7 nitrogen and oxygen atoms in total. The first kappa shape index (κ1) is 17.7. The number of nitrogens with one attached hydrogen (secondary N) is 1. The number of benzene rings is 1. The van der Waals surface area contributed by atoms with Crippen molar-refractivity contribution in [2.45, 2.75) is 13.0 Å². The number of rotatable bonds is 5. The van der Waals surface area contributed by atoms with Crippen LogP contribution in [0, 0.1) is 11.6 Å². The van der Waals surface area contributed by atoms with Crippen LogP contribution in [-0.2, 0) is 0 Å². The number of carbonyl (C=O) groups excluding carboxylic acids is 1. The van der Waals surface area contributed by atoms with Gasteiger partial charge in [-0.05, 0) is 25.1 Å². The summed E-state index contributed by atoms with van der Waals surface area (Å²) in [6.07, 6.45) is 4.44. The van der Waals surface area contributed by atoms with Gasteiger partial charge in [-0.25, -0.2) is 8.78 Å². The van der Waals surface area contributed by atoms with Crippen molar-refractivity contribution >= 4 is 11.6 Å². The number of furan rings is 1. The van der Waals surface area contributed by atoms with Gasteiger partial charge in [0.2, 0.25) is 5.76 Å². The van der Waals surface area contributed by atoms with Crippen molar-refractivity contribution in [2.24, 2.45) is 0 Å². The van der Waals surface area contributed by atoms with Gasteiger partial charge in [0, 0.05) is 23.9 Å². The molecule has 0 radical (unpaired) electrons. The second-order valence-electron chi connectivity index (χ2n) is 6.06. The molecule has 0 saturated carbocycles. The summed E-state index contributed by atoms with van der Waals surface area (Å²) in [6, 6.07) is 7.69. The molecular formula is C19H14F2N4O3. The van der Waals surface area contributed by atoms with E-state index in [0.29, 0.717) is 17.2 Å². The Kier molecular flexibility index (Phi) is 4.48. The molecule has 28 heavy (non-hydrogen) atoms. The van der Waals surface area contributed by atoms with Gasteiger partial charge in [-0.2, -0.15) is 5.10 Å². The van der Waals surface area contributed by atoms with Crippen LogP contribution in [-0.4, -0.2) is 20.8 Å². The zero-order valence-electron chi connectivity index (χ0n) is 14.6. The quantitative estimate of drug-likeness (QED) is 0.555. The molecule has 0 saturated heterocycles. The maximum absolute atomic E-state index is 14.0. The van der Waals surface area contributed by atoms with Crippen LogP contribution in [0.15, 0.2) is 64.0 Å². The topological polar surface area (TPSA) is 86.1 Å². The van der Waals surface area contributed by atoms with E-state index in [1.165, 1.54) is 35.3 Å². The lowest BCUT2D eigenvalue weighted by Gasteiger charge is -2.13. The molecule has 4 aromatic rings. The second-order valence-corrected chi connectivity index (χ2v) is 6.06. The third-order valence-electron chi connectivity index (χ3n) is 4.18. The Morgan fingerprint density at radius 3 is 2.82 bits per heavy atom. The van der Waals surface area contributed by atoms with E-state index in [1.807, 2.05) is 0 Å². The summed E-state index contributed by atoms with van der Waals surface area (Å²) < 4.78 is 38.8. The van der Waals surface area contributed by atoms with Crippen LogP contribution in [0.4, 0.5) is 14.5 Å². The molecule has 1 amide bonds. The molecule has 0 spiro atoms. The molecule has 0 fully saturated rings. The van der Waals surface area contributed by atoms with Gasteiger partial charge < -0.3 is 14.3 Å². The Morgan fingerprint density at radius 2 is 2.07 bits per heavy atom. The van der Waals surface area contributed by atoms with E-state index in [9.17, 15) is 13.6 Å². The number of amides is 1. The molecule has 142 valence electrons. The SMILES string of the molecule is CC(c1ccc(F)cc1F)n1cc(NC(=O)c2cc(-c3ccco3)on2)cn1. The van der Waals surface area contributed by atoms with E-state index in [4.69, 9.17) is 8.94 Å². The Bertz CT molecular complexity index is 1120. The fraction of sp³-hybridized carbons (Fsp3) is 0.105. The van der Waals surface area contributed by atoms with Gasteiger partial charge in [-0.3, -0.25) is 9.48 Å². The highest BCUT2D eigenvalue weighted by Gasteiger charge is 2.18. The number of anilines is 1. The minimum absolute atomic E-state index is 0.0665. The number of nitrogens with zero attached hydrogens (tertiary/aromatic N) is 3. The molecule has 3 aromatic heterocycles. The molecule has 1 aromatic carbocycles. The average Bonchev–Trinajstić information content (AvgIpc) is 3.41. The lowest BCUT2D eigenvalue weighted by molar-refractivity contribution is 0.101. The number of carbonyl (C=O) groups is 1. The molecule has 4 rings (SSSR count). The predicted octanol–water partition coefficient (Wildman–Crippen LogP) is 4.27. The highest BCUT2D eigenvalue weighted by Crippen LogP contribution is 2.23. The molecule has 1 N–H and O–H groups in total. The van der Waals surface area contributed by atoms with Crippen LogP contribution in [0.25, 0.3) is 11.5 Å². The van der Waals surface area contributed by atoms with Gasteiger partial charge in [0.05, 0.1) is 24.2 Å². The molecule has 1 unspecified atom stereocenters. The van der Waals surface area contributed by atoms with Crippen LogP contribution < -0.4 is 5.32 Å². The monoisotopic (exact) mass is 384 g/mol. The van der Waals surface area contributed by atoms with Crippen molar-refractivity contribution in [3.8, 4) is 11.5 Å². The highest BCUT2D eigenvalue weighted by molar-refractivity contribution is 6.03. The first-order valence-electron chi connectivity index (χ1n) is 8.32. The number of aromatic nitrogens is 3. The van der Waals surface area contributed by atoms with Gasteiger partial charge in [0.25, 0.3) is 5.91 Å². The predicted molar refractivity (Wildman–Crippen MR) is 94.6 cm³/mol. The zero-order valence-corrected chi connectivity index (χ0v) is 14.6. The van der Waals surface area contributed by atoms with Gasteiger partial charge in [-0.15, -0.1) is 0 Å². The summed E-state index contributed by atoms with van der Waals surface area (Å²) in [5.74, 6) is -1.03. The summed E-state index contributed by atoms with van der Waals surface area (Å²) in [5.41, 5.74) is 0.737. The van der Waals surface area contributed by atoms with Gasteiger partial charge in [-0.1, -0.05) is 11.2 Å². The number of halogens is 2. The fourth-order valence-corrected chi connectivity index (χ4v) is 2.71. The summed E-state index contributed by atoms with van der Waals surface area (Å²) in [4.78, 5) is 12.3. The molecule has 0 aliphatic rings. The van der Waals surface area contributed by atoms with Crippen LogP contribution >= 0.6 is 0 Å². The van der Waals surface area contributed by atoms with Crippen LogP contribution in [0.2, 0.25) is 0 Å². The largest absolute Gasteiger partial charge is 0.461 e. The van der Waals surface area contributed by atoms with Crippen molar-refractivity contribution in [2.75, 3.05) is 5.32 Å². The molecular weight excluding hydrogens is 370 g/mol. The number of hydrogen-bond donors (Lipinski definition) is 1. The van der Waals surface area contributed by atoms with Crippen LogP contribution in [0.5, 0.6) is 0 Å². The van der Waals surface area contributed by atoms with Crippen molar-refractivity contribution < 1.29 is 22.5 Å². The van der Waals surface area contributed by atoms with E-state index < -0.39 is 23.6 Å². The van der Waals surface area contributed by atoms with E-state index in [0.717, 1.165) is 6.07 Å². The number of hydrogen-bond acceptors (Lipinski definition) is 5. The highest BCUT2D eigenvalue weighted by atomic mass is 19.1. The van der Waals surface area contributed by atoms with Gasteiger partial charge in [0.1, 0.15) is 11.6 Å². The molecule has 0 aliphatic carbocycles. The van der Waals surface area contributed by atoms with Crippen molar-refractivity contribution in [1.29, 1.82) is 0 Å². The van der Waals surface area contributed by atoms with Gasteiger partial charge in [0.15, 0.2) is 11.5 Å². The van der Waals surface area contributed by atoms with Crippen molar-refractivity contribution in [3.05, 3.63) is 77.9 Å². The van der Waals surface area contributed by atoms with E-state index in [-0.39, 0.29) is 11.3 Å². The summed E-state index contributed by atoms with van der Waals surface area (Å²) in [5, 5.41) is 10.5. The summed E-state index contributed by atoms with van der Waals surface area (Å²) >= 11 is 0.